The van der Waals surface area contributed by atoms with Gasteiger partial charge < -0.3 is 14.7 Å². The topological polar surface area (TPSA) is 49.8 Å². The second kappa shape index (κ2) is 7.63. The van der Waals surface area contributed by atoms with Crippen molar-refractivity contribution in [2.45, 2.75) is 46.3 Å². The fourth-order valence-electron chi connectivity index (χ4n) is 1.71. The molecule has 0 aromatic carbocycles. The Bertz CT molecular complexity index is 206. The molecule has 0 fully saturated rings. The van der Waals surface area contributed by atoms with E-state index in [9.17, 15) is 4.79 Å². The van der Waals surface area contributed by atoms with Gasteiger partial charge in [-0.1, -0.05) is 13.8 Å². The predicted molar refractivity (Wildman–Crippen MR) is 64.6 cm³/mol. The van der Waals surface area contributed by atoms with E-state index in [1.807, 2.05) is 14.0 Å². The molecule has 0 spiro atoms. The summed E-state index contributed by atoms with van der Waals surface area (Å²) in [5.41, 5.74) is 0. The number of carbonyl (C=O) groups is 1. The third-order valence-electron chi connectivity index (χ3n) is 2.66. The van der Waals surface area contributed by atoms with Gasteiger partial charge in [0.1, 0.15) is 0 Å². The average Bonchev–Trinajstić information content (AvgIpc) is 2.15. The van der Waals surface area contributed by atoms with Gasteiger partial charge in [-0.15, -0.1) is 0 Å². The van der Waals surface area contributed by atoms with E-state index in [4.69, 9.17) is 9.84 Å². The van der Waals surface area contributed by atoms with Crippen LogP contribution >= 0.6 is 0 Å². The van der Waals surface area contributed by atoms with Crippen LogP contribution in [0.3, 0.4) is 0 Å². The van der Waals surface area contributed by atoms with Crippen molar-refractivity contribution in [3.05, 3.63) is 0 Å². The summed E-state index contributed by atoms with van der Waals surface area (Å²) < 4.78 is 5.19. The van der Waals surface area contributed by atoms with E-state index in [1.54, 1.807) is 0 Å². The summed E-state index contributed by atoms with van der Waals surface area (Å²) in [4.78, 5) is 13.0. The van der Waals surface area contributed by atoms with Gasteiger partial charge in [0.2, 0.25) is 0 Å². The van der Waals surface area contributed by atoms with Gasteiger partial charge in [-0.25, -0.2) is 4.79 Å². The predicted octanol–water partition coefficient (Wildman–Crippen LogP) is 1.84. The summed E-state index contributed by atoms with van der Waals surface area (Å²) >= 11 is 0. The number of ether oxygens (including phenoxy) is 1. The van der Waals surface area contributed by atoms with Crippen molar-refractivity contribution in [2.75, 3.05) is 20.2 Å². The summed E-state index contributed by atoms with van der Waals surface area (Å²) in [6.07, 6.45) is 0.346. The van der Waals surface area contributed by atoms with Crippen LogP contribution in [0, 0.1) is 5.92 Å². The summed E-state index contributed by atoms with van der Waals surface area (Å²) in [6.45, 7) is 9.14. The third-order valence-corrected chi connectivity index (χ3v) is 2.66. The van der Waals surface area contributed by atoms with Gasteiger partial charge in [0, 0.05) is 19.2 Å². The van der Waals surface area contributed by atoms with Crippen molar-refractivity contribution < 1.29 is 14.6 Å². The smallest absolute Gasteiger partial charge is 0.334 e. The van der Waals surface area contributed by atoms with Crippen LogP contribution in [0.15, 0.2) is 0 Å². The van der Waals surface area contributed by atoms with Gasteiger partial charge in [-0.2, -0.15) is 0 Å². The first kappa shape index (κ1) is 15.4. The zero-order valence-electron chi connectivity index (χ0n) is 11.1. The molecule has 0 heterocycles. The highest BCUT2D eigenvalue weighted by molar-refractivity contribution is 5.72. The number of hydrogen-bond donors (Lipinski definition) is 1. The van der Waals surface area contributed by atoms with Gasteiger partial charge in [0.05, 0.1) is 0 Å². The molecular formula is C12H25NO3. The lowest BCUT2D eigenvalue weighted by Crippen LogP contribution is -2.41. The molecule has 0 aliphatic carbocycles. The second-order valence-electron chi connectivity index (χ2n) is 4.70. The fourth-order valence-corrected chi connectivity index (χ4v) is 1.71. The number of hydrogen-bond acceptors (Lipinski definition) is 3. The molecule has 4 heteroatoms. The number of nitrogens with zero attached hydrogens (tertiary/aromatic N) is 1. The Balaban J connectivity index is 4.16. The quantitative estimate of drug-likeness (QED) is 0.692. The molecule has 0 rings (SSSR count). The lowest BCUT2D eigenvalue weighted by atomic mass is 10.0. The SMILES string of the molecule is CCOC(CN(C)C(C)CC(C)C)C(=O)O. The molecule has 96 valence electrons. The minimum Gasteiger partial charge on any atom is -0.479 e. The van der Waals surface area contributed by atoms with Crippen molar-refractivity contribution in [3.8, 4) is 0 Å². The van der Waals surface area contributed by atoms with Crippen LogP contribution in [-0.2, 0) is 9.53 Å². The van der Waals surface area contributed by atoms with Gasteiger partial charge in [0.15, 0.2) is 6.10 Å². The van der Waals surface area contributed by atoms with Gasteiger partial charge >= 0.3 is 5.97 Å². The third kappa shape index (κ3) is 6.08. The molecule has 0 radical (unpaired) electrons. The normalized spacial score (nSPS) is 15.4. The summed E-state index contributed by atoms with van der Waals surface area (Å²) in [7, 11) is 1.95. The van der Waals surface area contributed by atoms with Crippen molar-refractivity contribution in [1.82, 2.24) is 4.90 Å². The molecule has 0 amide bonds. The Kier molecular flexibility index (Phi) is 7.34. The first-order valence-corrected chi connectivity index (χ1v) is 5.93. The van der Waals surface area contributed by atoms with E-state index < -0.39 is 12.1 Å². The standard InChI is InChI=1S/C12H25NO3/c1-6-16-11(12(14)15)8-13(5)10(4)7-9(2)3/h9-11H,6-8H2,1-5H3,(H,14,15). The molecule has 0 bridgehead atoms. The lowest BCUT2D eigenvalue weighted by Gasteiger charge is -2.28. The summed E-state index contributed by atoms with van der Waals surface area (Å²) in [6, 6.07) is 0.377. The minimum atomic E-state index is -0.884. The molecule has 0 saturated carbocycles. The molecule has 2 atom stereocenters. The first-order chi connectivity index (χ1) is 7.38. The monoisotopic (exact) mass is 231 g/mol. The van der Waals surface area contributed by atoms with Crippen molar-refractivity contribution in [1.29, 1.82) is 0 Å². The maximum atomic E-state index is 10.9. The molecule has 1 N–H and O–H groups in total. The van der Waals surface area contributed by atoms with Crippen molar-refractivity contribution in [2.24, 2.45) is 5.92 Å². The molecular weight excluding hydrogens is 206 g/mol. The number of carboxylic acid groups (broad SMARTS) is 1. The largest absolute Gasteiger partial charge is 0.479 e. The summed E-state index contributed by atoms with van der Waals surface area (Å²) in [5.74, 6) is -0.265. The van der Waals surface area contributed by atoms with Crippen LogP contribution in [0.4, 0.5) is 0 Å². The van der Waals surface area contributed by atoms with Crippen molar-refractivity contribution in [3.63, 3.8) is 0 Å². The Morgan fingerprint density at radius 1 is 1.38 bits per heavy atom. The Hall–Kier alpha value is -0.610. The van der Waals surface area contributed by atoms with Crippen LogP contribution in [0.25, 0.3) is 0 Å². The fraction of sp³-hybridized carbons (Fsp3) is 0.917. The highest BCUT2D eigenvalue weighted by Crippen LogP contribution is 2.10. The van der Waals surface area contributed by atoms with E-state index in [0.717, 1.165) is 6.42 Å². The molecule has 4 nitrogen and oxygen atoms in total. The molecule has 0 aromatic heterocycles. The molecule has 0 aliphatic rings. The number of carboxylic acids is 1. The first-order valence-electron chi connectivity index (χ1n) is 5.93. The highest BCUT2D eigenvalue weighted by Gasteiger charge is 2.22. The summed E-state index contributed by atoms with van der Waals surface area (Å²) in [5, 5.41) is 8.97. The molecule has 2 unspecified atom stereocenters. The second-order valence-corrected chi connectivity index (χ2v) is 4.70. The minimum absolute atomic E-state index is 0.377. The lowest BCUT2D eigenvalue weighted by molar-refractivity contribution is -0.151. The maximum Gasteiger partial charge on any atom is 0.334 e. The number of rotatable bonds is 8. The van der Waals surface area contributed by atoms with E-state index in [2.05, 4.69) is 25.7 Å². The maximum absolute atomic E-state index is 10.9. The highest BCUT2D eigenvalue weighted by atomic mass is 16.5. The molecule has 16 heavy (non-hydrogen) atoms. The van der Waals surface area contributed by atoms with Gasteiger partial charge in [-0.3, -0.25) is 0 Å². The van der Waals surface area contributed by atoms with Crippen LogP contribution in [0.5, 0.6) is 0 Å². The zero-order chi connectivity index (χ0) is 12.7. The van der Waals surface area contributed by atoms with Gasteiger partial charge in [-0.05, 0) is 33.2 Å². The Morgan fingerprint density at radius 3 is 2.31 bits per heavy atom. The molecule has 0 aromatic rings. The van der Waals surface area contributed by atoms with Crippen LogP contribution in [0.1, 0.15) is 34.1 Å². The van der Waals surface area contributed by atoms with Crippen molar-refractivity contribution >= 4 is 5.97 Å². The van der Waals surface area contributed by atoms with E-state index in [0.29, 0.717) is 25.1 Å². The van der Waals surface area contributed by atoms with Crippen LogP contribution < -0.4 is 0 Å². The Morgan fingerprint density at radius 2 is 1.94 bits per heavy atom. The van der Waals surface area contributed by atoms with E-state index >= 15 is 0 Å². The number of likely N-dealkylation sites (N-methyl/N-ethyl adjacent to an activating group) is 1. The number of aliphatic carboxylic acids is 1. The van der Waals surface area contributed by atoms with Gasteiger partial charge in [0.25, 0.3) is 0 Å². The zero-order valence-corrected chi connectivity index (χ0v) is 11.1. The van der Waals surface area contributed by atoms with Crippen LogP contribution in [-0.4, -0.2) is 48.3 Å². The molecule has 0 aliphatic heterocycles. The Labute approximate surface area is 98.6 Å². The van der Waals surface area contributed by atoms with Crippen LogP contribution in [0.2, 0.25) is 0 Å². The van der Waals surface area contributed by atoms with E-state index in [1.165, 1.54) is 0 Å². The molecule has 0 saturated heterocycles. The average molecular weight is 231 g/mol. The van der Waals surface area contributed by atoms with E-state index in [-0.39, 0.29) is 0 Å².